The Morgan fingerprint density at radius 1 is 1.12 bits per heavy atom. The maximum atomic E-state index is 11.6. The first-order valence-electron chi connectivity index (χ1n) is 5.13. The molecule has 6 heteroatoms. The van der Waals surface area contributed by atoms with Crippen molar-refractivity contribution in [2.75, 3.05) is 13.6 Å². The summed E-state index contributed by atoms with van der Waals surface area (Å²) >= 11 is 0. The average molecular weight is 229 g/mol. The van der Waals surface area contributed by atoms with Crippen molar-refractivity contribution in [3.8, 4) is 0 Å². The number of amides is 3. The zero-order valence-corrected chi connectivity index (χ0v) is 10.1. The third kappa shape index (κ3) is 4.77. The highest BCUT2D eigenvalue weighted by molar-refractivity contribution is 5.92. The van der Waals surface area contributed by atoms with Crippen LogP contribution in [0.15, 0.2) is 0 Å². The van der Waals surface area contributed by atoms with Crippen molar-refractivity contribution < 1.29 is 14.4 Å². The quantitative estimate of drug-likeness (QED) is 0.574. The molecule has 0 aromatic heterocycles. The molecule has 0 aliphatic heterocycles. The highest BCUT2D eigenvalue weighted by atomic mass is 16.2. The fraction of sp³-hybridized carbons (Fsp3) is 0.700. The van der Waals surface area contributed by atoms with Gasteiger partial charge in [0, 0.05) is 13.5 Å². The van der Waals surface area contributed by atoms with Gasteiger partial charge >= 0.3 is 0 Å². The SMILES string of the molecule is CCC(=O)NC(C)(C)C(=O)NCC(=O)NC. The van der Waals surface area contributed by atoms with Crippen LogP contribution in [0.4, 0.5) is 0 Å². The maximum absolute atomic E-state index is 11.6. The number of hydrogen-bond acceptors (Lipinski definition) is 3. The molecule has 0 atom stereocenters. The van der Waals surface area contributed by atoms with Crippen LogP contribution in [0.2, 0.25) is 0 Å². The Balaban J connectivity index is 4.24. The minimum atomic E-state index is -1.01. The average Bonchev–Trinajstić information content (AvgIpc) is 2.24. The lowest BCUT2D eigenvalue weighted by atomic mass is 10.0. The lowest BCUT2D eigenvalue weighted by molar-refractivity contribution is -0.133. The molecule has 0 spiro atoms. The van der Waals surface area contributed by atoms with Gasteiger partial charge in [0.15, 0.2) is 0 Å². The normalized spacial score (nSPS) is 10.5. The highest BCUT2D eigenvalue weighted by Crippen LogP contribution is 2.02. The van der Waals surface area contributed by atoms with Gasteiger partial charge in [-0.2, -0.15) is 0 Å². The number of hydrogen-bond donors (Lipinski definition) is 3. The van der Waals surface area contributed by atoms with E-state index in [-0.39, 0.29) is 18.4 Å². The van der Waals surface area contributed by atoms with Crippen molar-refractivity contribution in [2.24, 2.45) is 0 Å². The predicted octanol–water partition coefficient (Wildman–Crippen LogP) is -0.847. The Labute approximate surface area is 95.2 Å². The smallest absolute Gasteiger partial charge is 0.245 e. The third-order valence-corrected chi connectivity index (χ3v) is 2.03. The maximum Gasteiger partial charge on any atom is 0.245 e. The molecule has 0 aliphatic rings. The fourth-order valence-electron chi connectivity index (χ4n) is 0.964. The van der Waals surface area contributed by atoms with Crippen LogP contribution < -0.4 is 16.0 Å². The largest absolute Gasteiger partial charge is 0.358 e. The van der Waals surface area contributed by atoms with Gasteiger partial charge in [0.2, 0.25) is 17.7 Å². The Morgan fingerprint density at radius 2 is 1.69 bits per heavy atom. The molecule has 0 fully saturated rings. The molecule has 0 saturated heterocycles. The van der Waals surface area contributed by atoms with E-state index in [1.54, 1.807) is 20.8 Å². The van der Waals surface area contributed by atoms with Gasteiger partial charge in [0.05, 0.1) is 6.54 Å². The molecule has 0 bridgehead atoms. The fourth-order valence-corrected chi connectivity index (χ4v) is 0.964. The van der Waals surface area contributed by atoms with Gasteiger partial charge in [0.25, 0.3) is 0 Å². The van der Waals surface area contributed by atoms with Gasteiger partial charge < -0.3 is 16.0 Å². The summed E-state index contributed by atoms with van der Waals surface area (Å²) in [5, 5.41) is 7.38. The topological polar surface area (TPSA) is 87.3 Å². The van der Waals surface area contributed by atoms with Crippen LogP contribution in [0.25, 0.3) is 0 Å². The second kappa shape index (κ2) is 6.09. The molecule has 92 valence electrons. The summed E-state index contributed by atoms with van der Waals surface area (Å²) in [6, 6.07) is 0. The monoisotopic (exact) mass is 229 g/mol. The van der Waals surface area contributed by atoms with Crippen molar-refractivity contribution in [3.63, 3.8) is 0 Å². The Kier molecular flexibility index (Phi) is 5.49. The van der Waals surface area contributed by atoms with Crippen LogP contribution in [0.3, 0.4) is 0 Å². The molecule has 0 heterocycles. The molecule has 6 nitrogen and oxygen atoms in total. The Bertz CT molecular complexity index is 287. The molecule has 0 aromatic rings. The summed E-state index contributed by atoms with van der Waals surface area (Å²) in [5.41, 5.74) is -1.01. The summed E-state index contributed by atoms with van der Waals surface area (Å²) in [7, 11) is 1.48. The molecular formula is C10H19N3O3. The second-order valence-corrected chi connectivity index (χ2v) is 3.88. The number of carbonyl (C=O) groups is 3. The highest BCUT2D eigenvalue weighted by Gasteiger charge is 2.28. The first-order valence-corrected chi connectivity index (χ1v) is 5.13. The van der Waals surface area contributed by atoms with E-state index in [0.717, 1.165) is 0 Å². The van der Waals surface area contributed by atoms with E-state index >= 15 is 0 Å². The summed E-state index contributed by atoms with van der Waals surface area (Å²) < 4.78 is 0. The van der Waals surface area contributed by atoms with Crippen LogP contribution >= 0.6 is 0 Å². The Hall–Kier alpha value is -1.59. The lowest BCUT2D eigenvalue weighted by Crippen LogP contribution is -2.55. The number of rotatable bonds is 5. The minimum Gasteiger partial charge on any atom is -0.358 e. The van der Waals surface area contributed by atoms with E-state index < -0.39 is 11.4 Å². The first kappa shape index (κ1) is 14.4. The van der Waals surface area contributed by atoms with Gasteiger partial charge in [-0.25, -0.2) is 0 Å². The van der Waals surface area contributed by atoms with E-state index in [0.29, 0.717) is 6.42 Å². The number of nitrogens with one attached hydrogen (secondary N) is 3. The van der Waals surface area contributed by atoms with Gasteiger partial charge in [0.1, 0.15) is 5.54 Å². The first-order chi connectivity index (χ1) is 7.33. The van der Waals surface area contributed by atoms with E-state index in [1.165, 1.54) is 7.05 Å². The standard InChI is InChI=1S/C10H19N3O3/c1-5-7(14)13-10(2,3)9(16)12-6-8(15)11-4/h5-6H2,1-4H3,(H,11,15)(H,12,16)(H,13,14). The van der Waals surface area contributed by atoms with Crippen molar-refractivity contribution in [3.05, 3.63) is 0 Å². The van der Waals surface area contributed by atoms with E-state index in [9.17, 15) is 14.4 Å². The molecule has 0 unspecified atom stereocenters. The minimum absolute atomic E-state index is 0.0965. The van der Waals surface area contributed by atoms with Gasteiger partial charge in [-0.1, -0.05) is 6.92 Å². The van der Waals surface area contributed by atoms with E-state index in [1.807, 2.05) is 0 Å². The number of likely N-dealkylation sites (N-methyl/N-ethyl adjacent to an activating group) is 1. The van der Waals surface area contributed by atoms with Crippen molar-refractivity contribution >= 4 is 17.7 Å². The molecule has 16 heavy (non-hydrogen) atoms. The van der Waals surface area contributed by atoms with Crippen molar-refractivity contribution in [1.29, 1.82) is 0 Å². The zero-order chi connectivity index (χ0) is 12.8. The molecular weight excluding hydrogens is 210 g/mol. The molecule has 0 rings (SSSR count). The van der Waals surface area contributed by atoms with Crippen molar-refractivity contribution in [1.82, 2.24) is 16.0 Å². The third-order valence-electron chi connectivity index (χ3n) is 2.03. The van der Waals surface area contributed by atoms with Gasteiger partial charge in [-0.05, 0) is 13.8 Å². The van der Waals surface area contributed by atoms with Crippen LogP contribution in [0, 0.1) is 0 Å². The summed E-state index contributed by atoms with van der Waals surface area (Å²) in [5.74, 6) is -0.885. The lowest BCUT2D eigenvalue weighted by Gasteiger charge is -2.24. The molecule has 3 amide bonds. The van der Waals surface area contributed by atoms with Gasteiger partial charge in [-0.3, -0.25) is 14.4 Å². The van der Waals surface area contributed by atoms with Crippen LogP contribution in [0.5, 0.6) is 0 Å². The van der Waals surface area contributed by atoms with Crippen LogP contribution in [0.1, 0.15) is 27.2 Å². The molecule has 0 saturated carbocycles. The zero-order valence-electron chi connectivity index (χ0n) is 10.1. The molecule has 3 N–H and O–H groups in total. The predicted molar refractivity (Wildman–Crippen MR) is 59.6 cm³/mol. The summed E-state index contributed by atoms with van der Waals surface area (Å²) in [6.45, 7) is 4.77. The van der Waals surface area contributed by atoms with Crippen molar-refractivity contribution in [2.45, 2.75) is 32.7 Å². The number of carbonyl (C=O) groups excluding carboxylic acids is 3. The Morgan fingerprint density at radius 3 is 2.12 bits per heavy atom. The summed E-state index contributed by atoms with van der Waals surface area (Å²) in [4.78, 5) is 33.7. The molecule has 0 radical (unpaired) electrons. The molecule has 0 aliphatic carbocycles. The second-order valence-electron chi connectivity index (χ2n) is 3.88. The van der Waals surface area contributed by atoms with E-state index in [2.05, 4.69) is 16.0 Å². The van der Waals surface area contributed by atoms with Gasteiger partial charge in [-0.15, -0.1) is 0 Å². The molecule has 0 aromatic carbocycles. The van der Waals surface area contributed by atoms with Crippen LogP contribution in [-0.2, 0) is 14.4 Å². The van der Waals surface area contributed by atoms with E-state index in [4.69, 9.17) is 0 Å². The summed E-state index contributed by atoms with van der Waals surface area (Å²) in [6.07, 6.45) is 0.312. The van der Waals surface area contributed by atoms with Crippen LogP contribution in [-0.4, -0.2) is 36.9 Å².